The number of hydrogen-bond donors (Lipinski definition) is 2. The number of nitrogens with zero attached hydrogens (tertiary/aromatic N) is 1. The zero-order valence-electron chi connectivity index (χ0n) is 5.25. The summed E-state index contributed by atoms with van der Waals surface area (Å²) in [5.41, 5.74) is -1.03. The van der Waals surface area contributed by atoms with Crippen molar-refractivity contribution in [3.63, 3.8) is 0 Å². The molecule has 0 saturated heterocycles. The molecule has 11 heavy (non-hydrogen) atoms. The first-order valence-electron chi connectivity index (χ1n) is 2.84. The van der Waals surface area contributed by atoms with E-state index in [2.05, 4.69) is 19.6 Å². The molecule has 0 aliphatic heterocycles. The monoisotopic (exact) mass is 153 g/mol. The van der Waals surface area contributed by atoms with Crippen molar-refractivity contribution in [2.45, 2.75) is 0 Å². The van der Waals surface area contributed by atoms with Gasteiger partial charge in [-0.15, -0.1) is 0 Å². The van der Waals surface area contributed by atoms with Gasteiger partial charge in [-0.05, 0) is 0 Å². The molecule has 0 radical (unpaired) electrons. The van der Waals surface area contributed by atoms with Gasteiger partial charge in [-0.2, -0.15) is 5.16 Å². The Labute approximate surface area is 58.8 Å². The van der Waals surface area contributed by atoms with Crippen LogP contribution in [0.15, 0.2) is 20.4 Å². The summed E-state index contributed by atoms with van der Waals surface area (Å²) < 4.78 is 4.33. The Bertz CT molecular complexity index is 491. The van der Waals surface area contributed by atoms with E-state index >= 15 is 0 Å². The highest BCUT2D eigenvalue weighted by atomic mass is 16.5. The molecule has 2 N–H and O–H groups in total. The first-order chi connectivity index (χ1) is 5.29. The Hall–Kier alpha value is -1.85. The standard InChI is InChI=1S/C5H3N3O3/c9-4-2-3(6-1-7-4)8-11-5(2)10/h1H,(H2,6,7,8,9). The lowest BCUT2D eigenvalue weighted by atomic mass is 10.4. The van der Waals surface area contributed by atoms with E-state index in [0.717, 1.165) is 0 Å². The van der Waals surface area contributed by atoms with E-state index in [4.69, 9.17) is 0 Å². The normalized spacial score (nSPS) is 10.5. The van der Waals surface area contributed by atoms with Crippen molar-refractivity contribution in [3.8, 4) is 0 Å². The highest BCUT2D eigenvalue weighted by Gasteiger charge is 2.06. The molecular weight excluding hydrogens is 150 g/mol. The van der Waals surface area contributed by atoms with Gasteiger partial charge in [0.2, 0.25) is 0 Å². The van der Waals surface area contributed by atoms with Crippen LogP contribution >= 0.6 is 0 Å². The Balaban J connectivity index is 3.21. The average Bonchev–Trinajstić information content (AvgIpc) is 2.34. The van der Waals surface area contributed by atoms with E-state index in [-0.39, 0.29) is 11.0 Å². The molecule has 0 spiro atoms. The number of rotatable bonds is 0. The van der Waals surface area contributed by atoms with Gasteiger partial charge in [0.05, 0.1) is 6.33 Å². The van der Waals surface area contributed by atoms with Crippen LogP contribution in [0.25, 0.3) is 11.0 Å². The number of H-pyrrole nitrogens is 2. The predicted octanol–water partition coefficient (Wildman–Crippen LogP) is -0.796. The lowest BCUT2D eigenvalue weighted by molar-refractivity contribution is 0.398. The zero-order chi connectivity index (χ0) is 7.84. The molecule has 2 heterocycles. The van der Waals surface area contributed by atoms with Gasteiger partial charge in [-0.3, -0.25) is 4.79 Å². The van der Waals surface area contributed by atoms with Gasteiger partial charge in [-0.1, -0.05) is 0 Å². The van der Waals surface area contributed by atoms with E-state index in [9.17, 15) is 9.59 Å². The summed E-state index contributed by atoms with van der Waals surface area (Å²) in [5.74, 6) is 0. The Morgan fingerprint density at radius 1 is 1.45 bits per heavy atom. The lowest BCUT2D eigenvalue weighted by Crippen LogP contribution is -2.11. The van der Waals surface area contributed by atoms with Crippen LogP contribution in [-0.2, 0) is 0 Å². The molecule has 6 heteroatoms. The average molecular weight is 153 g/mol. The Morgan fingerprint density at radius 3 is 3.00 bits per heavy atom. The van der Waals surface area contributed by atoms with Crippen molar-refractivity contribution >= 4 is 11.0 Å². The largest absolute Gasteiger partial charge is 0.372 e. The van der Waals surface area contributed by atoms with Gasteiger partial charge >= 0.3 is 5.63 Å². The first-order valence-corrected chi connectivity index (χ1v) is 2.84. The summed E-state index contributed by atoms with van der Waals surface area (Å²) >= 11 is 0. The maximum Gasteiger partial charge on any atom is 0.372 e. The van der Waals surface area contributed by atoms with Crippen LogP contribution < -0.4 is 11.2 Å². The highest BCUT2D eigenvalue weighted by Crippen LogP contribution is 1.92. The third kappa shape index (κ3) is 0.689. The molecule has 2 aromatic rings. The first kappa shape index (κ1) is 5.90. The van der Waals surface area contributed by atoms with Crippen LogP contribution in [-0.4, -0.2) is 15.1 Å². The van der Waals surface area contributed by atoms with Gasteiger partial charge in [-0.25, -0.2) is 9.78 Å². The van der Waals surface area contributed by atoms with Crippen molar-refractivity contribution in [1.82, 2.24) is 15.1 Å². The minimum Gasteiger partial charge on any atom is -0.336 e. The van der Waals surface area contributed by atoms with Gasteiger partial charge < -0.3 is 9.51 Å². The maximum atomic E-state index is 10.9. The zero-order valence-corrected chi connectivity index (χ0v) is 5.25. The van der Waals surface area contributed by atoms with Crippen LogP contribution in [0.2, 0.25) is 0 Å². The summed E-state index contributed by atoms with van der Waals surface area (Å²) in [7, 11) is 0. The fourth-order valence-electron chi connectivity index (χ4n) is 0.812. The van der Waals surface area contributed by atoms with Crippen molar-refractivity contribution in [2.24, 2.45) is 0 Å². The lowest BCUT2D eigenvalue weighted by Gasteiger charge is -1.79. The summed E-state index contributed by atoms with van der Waals surface area (Å²) in [5, 5.41) is 2.13. The van der Waals surface area contributed by atoms with Crippen LogP contribution in [0.5, 0.6) is 0 Å². The molecule has 6 nitrogen and oxygen atoms in total. The maximum absolute atomic E-state index is 10.9. The smallest absolute Gasteiger partial charge is 0.336 e. The van der Waals surface area contributed by atoms with Crippen molar-refractivity contribution < 1.29 is 4.52 Å². The minimum atomic E-state index is -0.700. The van der Waals surface area contributed by atoms with Crippen LogP contribution in [0.1, 0.15) is 0 Å². The predicted molar refractivity (Wildman–Crippen MR) is 35.3 cm³/mol. The second kappa shape index (κ2) is 1.82. The minimum absolute atomic E-state index is 0.0764. The number of aromatic nitrogens is 3. The summed E-state index contributed by atoms with van der Waals surface area (Å²) in [6, 6.07) is 0. The molecule has 0 saturated carbocycles. The molecular formula is C5H3N3O3. The molecule has 0 aromatic carbocycles. The van der Waals surface area contributed by atoms with E-state index in [0.29, 0.717) is 0 Å². The number of aromatic amines is 2. The fourth-order valence-corrected chi connectivity index (χ4v) is 0.812. The highest BCUT2D eigenvalue weighted by molar-refractivity contribution is 5.70. The Kier molecular flexibility index (Phi) is 0.974. The molecule has 0 amide bonds. The molecule has 2 rings (SSSR count). The number of fused-ring (bicyclic) bond motifs is 1. The molecule has 0 bridgehead atoms. The number of hydrogen-bond acceptors (Lipinski definition) is 4. The molecule has 56 valence electrons. The van der Waals surface area contributed by atoms with E-state index in [1.165, 1.54) is 6.33 Å². The topological polar surface area (TPSA) is 91.8 Å². The molecule has 0 aliphatic carbocycles. The van der Waals surface area contributed by atoms with E-state index in [1.807, 2.05) is 0 Å². The van der Waals surface area contributed by atoms with E-state index < -0.39 is 11.2 Å². The van der Waals surface area contributed by atoms with Gasteiger partial charge in [0.15, 0.2) is 11.0 Å². The third-order valence-corrected chi connectivity index (χ3v) is 1.30. The van der Waals surface area contributed by atoms with Crippen molar-refractivity contribution in [2.75, 3.05) is 0 Å². The van der Waals surface area contributed by atoms with Crippen molar-refractivity contribution in [1.29, 1.82) is 0 Å². The molecule has 0 unspecified atom stereocenters. The van der Waals surface area contributed by atoms with Crippen LogP contribution in [0.3, 0.4) is 0 Å². The molecule has 0 fully saturated rings. The number of nitrogens with one attached hydrogen (secondary N) is 2. The van der Waals surface area contributed by atoms with E-state index in [1.54, 1.807) is 0 Å². The molecule has 0 atom stereocenters. The second-order valence-electron chi connectivity index (χ2n) is 1.95. The van der Waals surface area contributed by atoms with Crippen LogP contribution in [0.4, 0.5) is 0 Å². The summed E-state index contributed by atoms with van der Waals surface area (Å²) in [4.78, 5) is 27.5. The van der Waals surface area contributed by atoms with Gasteiger partial charge in [0, 0.05) is 0 Å². The van der Waals surface area contributed by atoms with Crippen molar-refractivity contribution in [3.05, 3.63) is 27.1 Å². The summed E-state index contributed by atoms with van der Waals surface area (Å²) in [6.07, 6.45) is 1.19. The third-order valence-electron chi connectivity index (χ3n) is 1.30. The van der Waals surface area contributed by atoms with Crippen LogP contribution in [0, 0.1) is 0 Å². The van der Waals surface area contributed by atoms with Gasteiger partial charge in [0.25, 0.3) is 5.56 Å². The second-order valence-corrected chi connectivity index (χ2v) is 1.95. The van der Waals surface area contributed by atoms with Gasteiger partial charge in [0.1, 0.15) is 0 Å². The quantitative estimate of drug-likeness (QED) is 0.518. The summed E-state index contributed by atoms with van der Waals surface area (Å²) in [6.45, 7) is 0. The molecule has 2 aromatic heterocycles. The fraction of sp³-hybridized carbons (Fsp3) is 0. The Morgan fingerprint density at radius 2 is 2.27 bits per heavy atom. The SMILES string of the molecule is O=c1[nH]cnc2[nH]oc(=O)c12. The molecule has 0 aliphatic rings.